The summed E-state index contributed by atoms with van der Waals surface area (Å²) in [5.41, 5.74) is 4.44. The predicted octanol–water partition coefficient (Wildman–Crippen LogP) is 7.62. The summed E-state index contributed by atoms with van der Waals surface area (Å²) in [6.07, 6.45) is 0. The highest BCUT2D eigenvalue weighted by Gasteiger charge is 2.16. The molecule has 2 aromatic heterocycles. The molecule has 7 heteroatoms. The Morgan fingerprint density at radius 2 is 1.78 bits per heavy atom. The molecule has 5 nitrogen and oxygen atoms in total. The van der Waals surface area contributed by atoms with E-state index in [1.807, 2.05) is 37.3 Å². The van der Waals surface area contributed by atoms with E-state index in [1.54, 1.807) is 42.5 Å². The molecule has 5 rings (SSSR count). The van der Waals surface area contributed by atoms with Gasteiger partial charge in [0, 0.05) is 16.1 Å². The Balaban J connectivity index is 1.41. The second-order valence-electron chi connectivity index (χ2n) is 7.31. The third-order valence-corrected chi connectivity index (χ3v) is 5.51. The first-order chi connectivity index (χ1) is 15.5. The number of nitrogens with zero attached hydrogens (tertiary/aromatic N) is 1. The predicted molar refractivity (Wildman–Crippen MR) is 126 cm³/mol. The molecule has 0 aliphatic carbocycles. The number of furan rings is 1. The Labute approximate surface area is 193 Å². The Bertz CT molecular complexity index is 1470. The molecule has 0 saturated heterocycles. The SMILES string of the molecule is Cc1ccc2nc(-c3ccc(Cl)c(NC(=O)c4ccc(-c5cccc(Cl)c5)o4)c3)oc2c1. The zero-order valence-corrected chi connectivity index (χ0v) is 18.4. The summed E-state index contributed by atoms with van der Waals surface area (Å²) in [4.78, 5) is 17.3. The monoisotopic (exact) mass is 462 g/mol. The average Bonchev–Trinajstić information content (AvgIpc) is 3.42. The molecule has 0 fully saturated rings. The van der Waals surface area contributed by atoms with Crippen molar-refractivity contribution in [2.45, 2.75) is 6.92 Å². The van der Waals surface area contributed by atoms with Crippen LogP contribution in [-0.2, 0) is 0 Å². The van der Waals surface area contributed by atoms with Crippen LogP contribution in [0.4, 0.5) is 5.69 Å². The molecule has 158 valence electrons. The first kappa shape index (κ1) is 20.4. The number of oxazole rings is 1. The van der Waals surface area contributed by atoms with Crippen molar-refractivity contribution in [1.82, 2.24) is 4.98 Å². The molecule has 0 aliphatic heterocycles. The second kappa shape index (κ2) is 8.19. The van der Waals surface area contributed by atoms with Gasteiger partial charge in [-0.05, 0) is 67.1 Å². The fourth-order valence-electron chi connectivity index (χ4n) is 3.35. The van der Waals surface area contributed by atoms with Crippen LogP contribution in [0.25, 0.3) is 33.9 Å². The van der Waals surface area contributed by atoms with Gasteiger partial charge in [0.05, 0.1) is 10.7 Å². The number of hydrogen-bond acceptors (Lipinski definition) is 4. The Kier molecular flexibility index (Phi) is 5.21. The largest absolute Gasteiger partial charge is 0.451 e. The van der Waals surface area contributed by atoms with Crippen molar-refractivity contribution in [3.8, 4) is 22.8 Å². The minimum Gasteiger partial charge on any atom is -0.451 e. The van der Waals surface area contributed by atoms with Crippen molar-refractivity contribution in [3.05, 3.63) is 94.2 Å². The number of aryl methyl sites for hydroxylation is 1. The lowest BCUT2D eigenvalue weighted by atomic mass is 10.2. The molecule has 0 bridgehead atoms. The lowest BCUT2D eigenvalue weighted by molar-refractivity contribution is 0.0997. The number of benzene rings is 3. The molecular weight excluding hydrogens is 447 g/mol. The Morgan fingerprint density at radius 1 is 0.906 bits per heavy atom. The lowest BCUT2D eigenvalue weighted by Crippen LogP contribution is -2.11. The smallest absolute Gasteiger partial charge is 0.291 e. The van der Waals surface area contributed by atoms with Gasteiger partial charge in [-0.3, -0.25) is 4.79 Å². The van der Waals surface area contributed by atoms with Gasteiger partial charge in [-0.1, -0.05) is 41.4 Å². The number of anilines is 1. The van der Waals surface area contributed by atoms with Crippen LogP contribution >= 0.6 is 23.2 Å². The summed E-state index contributed by atoms with van der Waals surface area (Å²) < 4.78 is 11.6. The molecule has 0 aliphatic rings. The molecule has 5 aromatic rings. The summed E-state index contributed by atoms with van der Waals surface area (Å²) in [5, 5.41) is 3.77. The van der Waals surface area contributed by atoms with Crippen molar-refractivity contribution >= 4 is 45.9 Å². The molecule has 2 heterocycles. The van der Waals surface area contributed by atoms with Crippen LogP contribution < -0.4 is 5.32 Å². The maximum absolute atomic E-state index is 12.8. The second-order valence-corrected chi connectivity index (χ2v) is 8.16. The zero-order valence-electron chi connectivity index (χ0n) is 16.9. The third-order valence-electron chi connectivity index (χ3n) is 4.94. The fraction of sp³-hybridized carbons (Fsp3) is 0.0400. The van der Waals surface area contributed by atoms with Gasteiger partial charge in [0.25, 0.3) is 5.91 Å². The number of halogens is 2. The van der Waals surface area contributed by atoms with Gasteiger partial charge in [0.2, 0.25) is 5.89 Å². The molecule has 0 saturated carbocycles. The van der Waals surface area contributed by atoms with Crippen molar-refractivity contribution in [2.75, 3.05) is 5.32 Å². The van der Waals surface area contributed by atoms with Gasteiger partial charge in [0.15, 0.2) is 11.3 Å². The van der Waals surface area contributed by atoms with Gasteiger partial charge < -0.3 is 14.2 Å². The minimum atomic E-state index is -0.425. The van der Waals surface area contributed by atoms with E-state index in [4.69, 9.17) is 32.0 Å². The number of aromatic nitrogens is 1. The summed E-state index contributed by atoms with van der Waals surface area (Å²) in [6, 6.07) is 21.6. The van der Waals surface area contributed by atoms with E-state index in [2.05, 4.69) is 10.3 Å². The standard InChI is InChI=1S/C25H16Cl2N2O3/c1-14-5-8-19-23(11-14)32-25(29-19)16-6-7-18(27)20(13-16)28-24(30)22-10-9-21(31-22)15-3-2-4-17(26)12-15/h2-13H,1H3,(H,28,30). The quantitative estimate of drug-likeness (QED) is 0.298. The normalized spacial score (nSPS) is 11.1. The molecule has 3 aromatic carbocycles. The number of hydrogen-bond donors (Lipinski definition) is 1. The number of nitrogens with one attached hydrogen (secondary N) is 1. The highest BCUT2D eigenvalue weighted by Crippen LogP contribution is 2.31. The topological polar surface area (TPSA) is 68.3 Å². The van der Waals surface area contributed by atoms with E-state index in [9.17, 15) is 4.79 Å². The first-order valence-corrected chi connectivity index (χ1v) is 10.6. The molecule has 0 atom stereocenters. The molecule has 0 spiro atoms. The third kappa shape index (κ3) is 4.00. The number of carbonyl (C=O) groups is 1. The fourth-order valence-corrected chi connectivity index (χ4v) is 3.71. The van der Waals surface area contributed by atoms with E-state index >= 15 is 0 Å². The van der Waals surface area contributed by atoms with E-state index in [0.29, 0.717) is 38.5 Å². The van der Waals surface area contributed by atoms with E-state index in [1.165, 1.54) is 0 Å². The first-order valence-electron chi connectivity index (χ1n) is 9.80. The van der Waals surface area contributed by atoms with Crippen LogP contribution in [-0.4, -0.2) is 10.9 Å². The minimum absolute atomic E-state index is 0.152. The number of amides is 1. The van der Waals surface area contributed by atoms with Crippen LogP contribution in [0.3, 0.4) is 0 Å². The lowest BCUT2D eigenvalue weighted by Gasteiger charge is -2.07. The molecule has 0 radical (unpaired) electrons. The Hall–Kier alpha value is -3.54. The van der Waals surface area contributed by atoms with Crippen molar-refractivity contribution in [1.29, 1.82) is 0 Å². The molecule has 32 heavy (non-hydrogen) atoms. The molecular formula is C25H16Cl2N2O3. The van der Waals surface area contributed by atoms with Gasteiger partial charge >= 0.3 is 0 Å². The summed E-state index contributed by atoms with van der Waals surface area (Å²) >= 11 is 12.4. The average molecular weight is 463 g/mol. The van der Waals surface area contributed by atoms with E-state index < -0.39 is 5.91 Å². The van der Waals surface area contributed by atoms with E-state index in [0.717, 1.165) is 16.6 Å². The highest BCUT2D eigenvalue weighted by molar-refractivity contribution is 6.34. The molecule has 1 amide bonds. The molecule has 0 unspecified atom stereocenters. The van der Waals surface area contributed by atoms with Crippen LogP contribution in [0.2, 0.25) is 10.0 Å². The summed E-state index contributed by atoms with van der Waals surface area (Å²) in [5.74, 6) is 0.711. The van der Waals surface area contributed by atoms with Crippen LogP contribution in [0.5, 0.6) is 0 Å². The van der Waals surface area contributed by atoms with Gasteiger partial charge in [-0.2, -0.15) is 0 Å². The number of carbonyl (C=O) groups excluding carboxylic acids is 1. The number of fused-ring (bicyclic) bond motifs is 1. The summed E-state index contributed by atoms with van der Waals surface area (Å²) in [7, 11) is 0. The van der Waals surface area contributed by atoms with Gasteiger partial charge in [-0.15, -0.1) is 0 Å². The maximum atomic E-state index is 12.8. The number of rotatable bonds is 4. The van der Waals surface area contributed by atoms with Crippen LogP contribution in [0, 0.1) is 6.92 Å². The van der Waals surface area contributed by atoms with Crippen molar-refractivity contribution in [3.63, 3.8) is 0 Å². The van der Waals surface area contributed by atoms with Gasteiger partial charge in [0.1, 0.15) is 11.3 Å². The summed E-state index contributed by atoms with van der Waals surface area (Å²) in [6.45, 7) is 1.99. The van der Waals surface area contributed by atoms with Crippen LogP contribution in [0.15, 0.2) is 81.6 Å². The van der Waals surface area contributed by atoms with E-state index in [-0.39, 0.29) is 5.76 Å². The van der Waals surface area contributed by atoms with Gasteiger partial charge in [-0.25, -0.2) is 4.98 Å². The molecule has 1 N–H and O–H groups in total. The van der Waals surface area contributed by atoms with Crippen molar-refractivity contribution in [2.24, 2.45) is 0 Å². The van der Waals surface area contributed by atoms with Crippen LogP contribution in [0.1, 0.15) is 16.1 Å². The zero-order chi connectivity index (χ0) is 22.2. The highest BCUT2D eigenvalue weighted by atomic mass is 35.5. The van der Waals surface area contributed by atoms with Crippen molar-refractivity contribution < 1.29 is 13.6 Å². The maximum Gasteiger partial charge on any atom is 0.291 e. The Morgan fingerprint density at radius 3 is 2.62 bits per heavy atom.